The van der Waals surface area contributed by atoms with E-state index in [1.54, 1.807) is 18.3 Å². The molecule has 0 aliphatic heterocycles. The molecule has 104 valence electrons. The second-order valence-corrected chi connectivity index (χ2v) is 4.57. The highest BCUT2D eigenvalue weighted by Crippen LogP contribution is 2.12. The van der Waals surface area contributed by atoms with Gasteiger partial charge in [0.05, 0.1) is 24.7 Å². The van der Waals surface area contributed by atoms with Crippen LogP contribution in [0.2, 0.25) is 0 Å². The van der Waals surface area contributed by atoms with Gasteiger partial charge in [0.15, 0.2) is 0 Å². The van der Waals surface area contributed by atoms with Gasteiger partial charge >= 0.3 is 0 Å². The highest BCUT2D eigenvalue weighted by molar-refractivity contribution is 5.33. The van der Waals surface area contributed by atoms with Crippen LogP contribution in [0.3, 0.4) is 0 Å². The van der Waals surface area contributed by atoms with Crippen LogP contribution in [0.4, 0.5) is 4.39 Å². The molecule has 5 heteroatoms. The minimum Gasteiger partial charge on any atom is -0.329 e. The number of halogens is 1. The van der Waals surface area contributed by atoms with Gasteiger partial charge in [-0.15, -0.1) is 0 Å². The van der Waals surface area contributed by atoms with Crippen molar-refractivity contribution in [1.29, 1.82) is 5.26 Å². The van der Waals surface area contributed by atoms with Gasteiger partial charge in [0.25, 0.3) is 0 Å². The van der Waals surface area contributed by atoms with Gasteiger partial charge in [-0.25, -0.2) is 9.37 Å². The average Bonchev–Trinajstić information content (AvgIpc) is 2.89. The van der Waals surface area contributed by atoms with Gasteiger partial charge in [0.2, 0.25) is 0 Å². The average molecular weight is 272 g/mol. The molecule has 0 bridgehead atoms. The number of benzene rings is 1. The Morgan fingerprint density at radius 2 is 2.30 bits per heavy atom. The van der Waals surface area contributed by atoms with Crippen molar-refractivity contribution in [3.05, 3.63) is 53.4 Å². The van der Waals surface area contributed by atoms with E-state index in [1.165, 1.54) is 6.07 Å². The molecule has 0 radical (unpaired) electrons. The molecule has 0 amide bonds. The summed E-state index contributed by atoms with van der Waals surface area (Å²) in [5.41, 5.74) is 0.889. The van der Waals surface area contributed by atoms with Gasteiger partial charge in [-0.3, -0.25) is 0 Å². The van der Waals surface area contributed by atoms with Crippen LogP contribution in [0.5, 0.6) is 0 Å². The van der Waals surface area contributed by atoms with E-state index in [4.69, 9.17) is 5.26 Å². The molecule has 0 spiro atoms. The predicted octanol–water partition coefficient (Wildman–Crippen LogP) is 2.44. The van der Waals surface area contributed by atoms with Crippen molar-refractivity contribution in [2.45, 2.75) is 26.4 Å². The van der Waals surface area contributed by atoms with E-state index in [0.29, 0.717) is 24.2 Å². The maximum absolute atomic E-state index is 13.9. The Bertz CT molecular complexity index is 613. The lowest BCUT2D eigenvalue weighted by Gasteiger charge is -2.09. The van der Waals surface area contributed by atoms with E-state index in [0.717, 1.165) is 18.8 Å². The Morgan fingerprint density at radius 3 is 3.00 bits per heavy atom. The lowest BCUT2D eigenvalue weighted by molar-refractivity contribution is 0.581. The van der Waals surface area contributed by atoms with E-state index in [1.807, 2.05) is 16.8 Å². The predicted molar refractivity (Wildman–Crippen MR) is 74.4 cm³/mol. The highest BCUT2D eigenvalue weighted by Gasteiger charge is 2.07. The van der Waals surface area contributed by atoms with Crippen molar-refractivity contribution in [1.82, 2.24) is 14.9 Å². The number of hydrogen-bond acceptors (Lipinski definition) is 3. The molecule has 0 saturated heterocycles. The van der Waals surface area contributed by atoms with Crippen LogP contribution < -0.4 is 5.32 Å². The van der Waals surface area contributed by atoms with Crippen LogP contribution in [0, 0.1) is 17.1 Å². The van der Waals surface area contributed by atoms with Gasteiger partial charge in [0.1, 0.15) is 11.6 Å². The van der Waals surface area contributed by atoms with Gasteiger partial charge in [-0.1, -0.05) is 13.0 Å². The third-order valence-electron chi connectivity index (χ3n) is 3.03. The summed E-state index contributed by atoms with van der Waals surface area (Å²) in [5, 5.41) is 12.0. The zero-order valence-corrected chi connectivity index (χ0v) is 11.4. The zero-order valence-electron chi connectivity index (χ0n) is 11.4. The van der Waals surface area contributed by atoms with Crippen molar-refractivity contribution < 1.29 is 4.39 Å². The number of nitrogens with zero attached hydrogens (tertiary/aromatic N) is 3. The fraction of sp³-hybridized carbons (Fsp3) is 0.333. The molecule has 0 unspecified atom stereocenters. The Labute approximate surface area is 117 Å². The van der Waals surface area contributed by atoms with Crippen molar-refractivity contribution >= 4 is 0 Å². The summed E-state index contributed by atoms with van der Waals surface area (Å²) < 4.78 is 15.8. The Kier molecular flexibility index (Phi) is 4.85. The molecule has 1 aromatic heterocycles. The Balaban J connectivity index is 2.10. The van der Waals surface area contributed by atoms with Crippen LogP contribution in [0.25, 0.3) is 0 Å². The molecule has 1 heterocycles. The number of aromatic nitrogens is 2. The van der Waals surface area contributed by atoms with E-state index >= 15 is 0 Å². The van der Waals surface area contributed by atoms with E-state index in [9.17, 15) is 4.39 Å². The molecule has 2 aromatic rings. The second-order valence-electron chi connectivity index (χ2n) is 4.57. The summed E-state index contributed by atoms with van der Waals surface area (Å²) in [4.78, 5) is 4.27. The molecule has 20 heavy (non-hydrogen) atoms. The number of imidazole rings is 1. The molecule has 4 nitrogen and oxygen atoms in total. The second kappa shape index (κ2) is 6.83. The number of rotatable bonds is 6. The fourth-order valence-corrected chi connectivity index (χ4v) is 1.96. The van der Waals surface area contributed by atoms with Gasteiger partial charge in [0, 0.05) is 18.0 Å². The summed E-state index contributed by atoms with van der Waals surface area (Å²) in [6.45, 7) is 4.11. The first kappa shape index (κ1) is 14.2. The molecule has 0 fully saturated rings. The van der Waals surface area contributed by atoms with Gasteiger partial charge in [-0.05, 0) is 25.1 Å². The van der Waals surface area contributed by atoms with Gasteiger partial charge < -0.3 is 9.88 Å². The normalized spacial score (nSPS) is 10.4. The fourth-order valence-electron chi connectivity index (χ4n) is 1.96. The van der Waals surface area contributed by atoms with E-state index in [-0.39, 0.29) is 5.82 Å². The van der Waals surface area contributed by atoms with Crippen LogP contribution in [-0.2, 0) is 13.1 Å². The molecule has 0 saturated carbocycles. The minimum absolute atomic E-state index is 0.335. The minimum atomic E-state index is -0.356. The lowest BCUT2D eigenvalue weighted by Crippen LogP contribution is -2.18. The zero-order chi connectivity index (χ0) is 14.4. The Hall–Kier alpha value is -2.19. The third-order valence-corrected chi connectivity index (χ3v) is 3.03. The van der Waals surface area contributed by atoms with E-state index in [2.05, 4.69) is 17.2 Å². The topological polar surface area (TPSA) is 53.6 Å². The molecular weight excluding hydrogens is 255 g/mol. The summed E-state index contributed by atoms with van der Waals surface area (Å²) in [6.07, 6.45) is 4.61. The van der Waals surface area contributed by atoms with Crippen LogP contribution in [0.1, 0.15) is 30.3 Å². The van der Waals surface area contributed by atoms with Crippen molar-refractivity contribution in [2.24, 2.45) is 0 Å². The SMILES string of the molecule is CCCNCc1nccn1Cc1ccc(C#N)cc1F. The molecule has 1 N–H and O–H groups in total. The van der Waals surface area contributed by atoms with Crippen molar-refractivity contribution in [3.63, 3.8) is 0 Å². The summed E-state index contributed by atoms with van der Waals surface area (Å²) >= 11 is 0. The first-order valence-electron chi connectivity index (χ1n) is 6.64. The van der Waals surface area contributed by atoms with Crippen LogP contribution >= 0.6 is 0 Å². The Morgan fingerprint density at radius 1 is 1.45 bits per heavy atom. The smallest absolute Gasteiger partial charge is 0.129 e. The first-order valence-corrected chi connectivity index (χ1v) is 6.64. The van der Waals surface area contributed by atoms with Crippen LogP contribution in [0.15, 0.2) is 30.6 Å². The quantitative estimate of drug-likeness (QED) is 0.822. The first-order chi connectivity index (χ1) is 9.74. The number of nitriles is 1. The van der Waals surface area contributed by atoms with Crippen molar-refractivity contribution in [2.75, 3.05) is 6.54 Å². The largest absolute Gasteiger partial charge is 0.329 e. The summed E-state index contributed by atoms with van der Waals surface area (Å²) in [7, 11) is 0. The lowest BCUT2D eigenvalue weighted by atomic mass is 10.1. The monoisotopic (exact) mass is 272 g/mol. The molecule has 0 atom stereocenters. The van der Waals surface area contributed by atoms with Crippen LogP contribution in [-0.4, -0.2) is 16.1 Å². The molecule has 0 aliphatic rings. The third kappa shape index (κ3) is 3.43. The summed E-state index contributed by atoms with van der Waals surface area (Å²) in [6, 6.07) is 6.47. The van der Waals surface area contributed by atoms with Gasteiger partial charge in [-0.2, -0.15) is 5.26 Å². The molecule has 0 aliphatic carbocycles. The standard InChI is InChI=1S/C15H17FN4/c1-2-5-18-10-15-19-6-7-20(15)11-13-4-3-12(9-17)8-14(13)16/h3-4,6-8,18H,2,5,10-11H2,1H3. The number of hydrogen-bond donors (Lipinski definition) is 1. The molecule has 1 aromatic carbocycles. The highest BCUT2D eigenvalue weighted by atomic mass is 19.1. The summed E-state index contributed by atoms with van der Waals surface area (Å²) in [5.74, 6) is 0.521. The number of nitrogens with one attached hydrogen (secondary N) is 1. The maximum atomic E-state index is 13.9. The van der Waals surface area contributed by atoms with E-state index < -0.39 is 0 Å². The van der Waals surface area contributed by atoms with Crippen molar-refractivity contribution in [3.8, 4) is 6.07 Å². The molecular formula is C15H17FN4. The molecule has 2 rings (SSSR count). The maximum Gasteiger partial charge on any atom is 0.129 e.